The highest BCUT2D eigenvalue weighted by Gasteiger charge is 2.20. The molecule has 0 atom stereocenters. The zero-order valence-electron chi connectivity index (χ0n) is 12.7. The van der Waals surface area contributed by atoms with Crippen molar-refractivity contribution in [3.05, 3.63) is 58.4 Å². The van der Waals surface area contributed by atoms with Crippen LogP contribution in [0.2, 0.25) is 5.02 Å². The van der Waals surface area contributed by atoms with E-state index in [2.05, 4.69) is 5.32 Å². The molecule has 0 saturated carbocycles. The van der Waals surface area contributed by atoms with E-state index in [1.54, 1.807) is 36.0 Å². The Morgan fingerprint density at radius 1 is 1.29 bits per heavy atom. The Kier molecular flexibility index (Phi) is 5.48. The number of halogens is 2. The van der Waals surface area contributed by atoms with Crippen LogP contribution in [0.4, 0.5) is 4.39 Å². The minimum atomic E-state index is -0.235. The topological polar surface area (TPSA) is 47.6 Å². The molecule has 0 spiro atoms. The Morgan fingerprint density at radius 3 is 2.96 bits per heavy atom. The van der Waals surface area contributed by atoms with Gasteiger partial charge in [0, 0.05) is 23.6 Å². The van der Waals surface area contributed by atoms with Crippen LogP contribution in [0, 0.1) is 5.82 Å². The van der Waals surface area contributed by atoms with Crippen molar-refractivity contribution < 1.29 is 18.7 Å². The summed E-state index contributed by atoms with van der Waals surface area (Å²) in [6, 6.07) is 9.84. The van der Waals surface area contributed by atoms with Crippen molar-refractivity contribution in [1.29, 1.82) is 0 Å². The first-order valence-corrected chi connectivity index (χ1v) is 8.87. The first kappa shape index (κ1) is 16.9. The first-order chi connectivity index (χ1) is 11.6. The number of hydrogen-bond acceptors (Lipinski definition) is 4. The largest absolute Gasteiger partial charge is 0.454 e. The minimum absolute atomic E-state index is 0.104. The lowest BCUT2D eigenvalue weighted by molar-refractivity contribution is 0.0955. The molecule has 2 aromatic rings. The Labute approximate surface area is 148 Å². The van der Waals surface area contributed by atoms with Crippen molar-refractivity contribution in [3.8, 4) is 11.5 Å². The fourth-order valence-electron chi connectivity index (χ4n) is 2.23. The fraction of sp³-hybridized carbons (Fsp3) is 0.235. The van der Waals surface area contributed by atoms with Crippen molar-refractivity contribution in [2.45, 2.75) is 5.75 Å². The maximum absolute atomic E-state index is 13.5. The summed E-state index contributed by atoms with van der Waals surface area (Å²) >= 11 is 7.62. The maximum atomic E-state index is 13.5. The third kappa shape index (κ3) is 3.94. The van der Waals surface area contributed by atoms with Gasteiger partial charge in [-0.05, 0) is 23.8 Å². The Bertz CT molecular complexity index is 757. The van der Waals surface area contributed by atoms with E-state index in [0.717, 1.165) is 0 Å². The molecule has 126 valence electrons. The lowest BCUT2D eigenvalue weighted by atomic mass is 10.2. The van der Waals surface area contributed by atoms with E-state index in [9.17, 15) is 9.18 Å². The molecule has 4 nitrogen and oxygen atoms in total. The molecule has 24 heavy (non-hydrogen) atoms. The quantitative estimate of drug-likeness (QED) is 0.787. The average molecular weight is 368 g/mol. The SMILES string of the molecule is O=C(NCCSCc1ccccc1F)c1cc(Cl)c2c(c1)OCO2. The van der Waals surface area contributed by atoms with Crippen LogP contribution in [0.25, 0.3) is 0 Å². The highest BCUT2D eigenvalue weighted by molar-refractivity contribution is 7.98. The van der Waals surface area contributed by atoms with Gasteiger partial charge in [0.1, 0.15) is 5.82 Å². The molecule has 0 radical (unpaired) electrons. The van der Waals surface area contributed by atoms with Crippen molar-refractivity contribution in [1.82, 2.24) is 5.32 Å². The van der Waals surface area contributed by atoms with Gasteiger partial charge in [-0.2, -0.15) is 11.8 Å². The maximum Gasteiger partial charge on any atom is 0.251 e. The van der Waals surface area contributed by atoms with Crippen LogP contribution < -0.4 is 14.8 Å². The number of hydrogen-bond donors (Lipinski definition) is 1. The molecule has 7 heteroatoms. The molecule has 1 aliphatic heterocycles. The average Bonchev–Trinajstić information content (AvgIpc) is 3.05. The summed E-state index contributed by atoms with van der Waals surface area (Å²) in [7, 11) is 0. The van der Waals surface area contributed by atoms with Gasteiger partial charge in [-0.1, -0.05) is 29.8 Å². The number of nitrogens with one attached hydrogen (secondary N) is 1. The van der Waals surface area contributed by atoms with Gasteiger partial charge in [-0.25, -0.2) is 4.39 Å². The van der Waals surface area contributed by atoms with Crippen LogP contribution in [0.15, 0.2) is 36.4 Å². The van der Waals surface area contributed by atoms with Crippen LogP contribution in [0.3, 0.4) is 0 Å². The van der Waals surface area contributed by atoms with E-state index >= 15 is 0 Å². The Morgan fingerprint density at radius 2 is 2.12 bits per heavy atom. The van der Waals surface area contributed by atoms with E-state index in [1.807, 2.05) is 6.07 Å². The van der Waals surface area contributed by atoms with Crippen LogP contribution in [0.1, 0.15) is 15.9 Å². The molecule has 0 saturated heterocycles. The second kappa shape index (κ2) is 7.77. The Hall–Kier alpha value is -1.92. The zero-order chi connectivity index (χ0) is 16.9. The van der Waals surface area contributed by atoms with Crippen molar-refractivity contribution in [3.63, 3.8) is 0 Å². The van der Waals surface area contributed by atoms with E-state index < -0.39 is 0 Å². The smallest absolute Gasteiger partial charge is 0.251 e. The lowest BCUT2D eigenvalue weighted by Crippen LogP contribution is -2.25. The van der Waals surface area contributed by atoms with Gasteiger partial charge in [0.05, 0.1) is 5.02 Å². The fourth-order valence-corrected chi connectivity index (χ4v) is 3.34. The number of carbonyl (C=O) groups excluding carboxylic acids is 1. The number of ether oxygens (including phenoxy) is 2. The summed E-state index contributed by atoms with van der Waals surface area (Å²) in [5.41, 5.74) is 1.08. The van der Waals surface area contributed by atoms with E-state index in [4.69, 9.17) is 21.1 Å². The van der Waals surface area contributed by atoms with Gasteiger partial charge in [0.2, 0.25) is 6.79 Å². The number of rotatable bonds is 6. The van der Waals surface area contributed by atoms with Gasteiger partial charge < -0.3 is 14.8 Å². The van der Waals surface area contributed by atoms with Crippen LogP contribution in [-0.2, 0) is 5.75 Å². The molecule has 1 heterocycles. The van der Waals surface area contributed by atoms with Crippen LogP contribution >= 0.6 is 23.4 Å². The summed E-state index contributed by atoms with van der Waals surface area (Å²) in [5, 5.41) is 3.16. The molecule has 1 aliphatic rings. The Balaban J connectivity index is 1.46. The molecule has 0 aliphatic carbocycles. The molecule has 0 aromatic heterocycles. The van der Waals surface area contributed by atoms with E-state index in [1.165, 1.54) is 6.07 Å². The summed E-state index contributed by atoms with van der Waals surface area (Å²) in [4.78, 5) is 12.1. The van der Waals surface area contributed by atoms with Gasteiger partial charge >= 0.3 is 0 Å². The molecule has 1 N–H and O–H groups in total. The summed E-state index contributed by atoms with van der Waals surface area (Å²) < 4.78 is 23.9. The number of fused-ring (bicyclic) bond motifs is 1. The summed E-state index contributed by atoms with van der Waals surface area (Å²) in [6.07, 6.45) is 0. The van der Waals surface area contributed by atoms with Gasteiger partial charge in [0.15, 0.2) is 11.5 Å². The monoisotopic (exact) mass is 367 g/mol. The molecule has 3 rings (SSSR count). The number of thioether (sulfide) groups is 1. The highest BCUT2D eigenvalue weighted by Crippen LogP contribution is 2.39. The van der Waals surface area contributed by atoms with Gasteiger partial charge in [-0.3, -0.25) is 4.79 Å². The molecule has 0 bridgehead atoms. The van der Waals surface area contributed by atoms with Crippen molar-refractivity contribution in [2.75, 3.05) is 19.1 Å². The second-order valence-electron chi connectivity index (χ2n) is 5.09. The van der Waals surface area contributed by atoms with Crippen molar-refractivity contribution >= 4 is 29.3 Å². The molecule has 1 amide bonds. The highest BCUT2D eigenvalue weighted by atomic mass is 35.5. The first-order valence-electron chi connectivity index (χ1n) is 7.33. The standard InChI is InChI=1S/C17H15ClFNO3S/c18-13-7-12(8-15-16(13)23-10-22-15)17(21)20-5-6-24-9-11-3-1-2-4-14(11)19/h1-4,7-8H,5-6,9-10H2,(H,20,21). The van der Waals surface area contributed by atoms with Crippen molar-refractivity contribution in [2.24, 2.45) is 0 Å². The van der Waals surface area contributed by atoms with Gasteiger partial charge in [0.25, 0.3) is 5.91 Å². The normalized spacial score (nSPS) is 12.2. The molecular weight excluding hydrogens is 353 g/mol. The molecule has 0 fully saturated rings. The number of carbonyl (C=O) groups is 1. The van der Waals surface area contributed by atoms with E-state index in [0.29, 0.717) is 45.7 Å². The van der Waals surface area contributed by atoms with Gasteiger partial charge in [-0.15, -0.1) is 0 Å². The molecule has 2 aromatic carbocycles. The third-order valence-corrected chi connectivity index (χ3v) is 4.73. The lowest BCUT2D eigenvalue weighted by Gasteiger charge is -2.07. The number of benzene rings is 2. The third-order valence-electron chi connectivity index (χ3n) is 3.44. The summed E-state index contributed by atoms with van der Waals surface area (Å²) in [5.74, 6) is 1.75. The van der Waals surface area contributed by atoms with E-state index in [-0.39, 0.29) is 18.5 Å². The zero-order valence-corrected chi connectivity index (χ0v) is 14.3. The molecular formula is C17H15ClFNO3S. The van der Waals surface area contributed by atoms with Crippen LogP contribution in [0.5, 0.6) is 11.5 Å². The van der Waals surface area contributed by atoms with Crippen LogP contribution in [-0.4, -0.2) is 25.0 Å². The predicted molar refractivity (Wildman–Crippen MR) is 92.5 cm³/mol. The minimum Gasteiger partial charge on any atom is -0.454 e. The second-order valence-corrected chi connectivity index (χ2v) is 6.60. The number of amides is 1. The predicted octanol–water partition coefficient (Wildman–Crippen LogP) is 3.87. The summed E-state index contributed by atoms with van der Waals surface area (Å²) in [6.45, 7) is 0.580. The molecule has 0 unspecified atom stereocenters.